The van der Waals surface area contributed by atoms with Gasteiger partial charge < -0.3 is 20.9 Å². The molecule has 0 saturated heterocycles. The first-order chi connectivity index (χ1) is 13.1. The number of aliphatic hydroxyl groups is 1. The number of amides is 1. The van der Waals surface area contributed by atoms with Gasteiger partial charge in [0.05, 0.1) is 5.39 Å². The summed E-state index contributed by atoms with van der Waals surface area (Å²) in [7, 11) is 2.01. The average molecular weight is 391 g/mol. The van der Waals surface area contributed by atoms with Crippen LogP contribution in [0, 0.1) is 0 Å². The number of thiophene rings is 1. The summed E-state index contributed by atoms with van der Waals surface area (Å²) in [4.78, 5) is 22.4. The number of aromatic nitrogens is 2. The van der Waals surface area contributed by atoms with Crippen molar-refractivity contribution in [1.29, 1.82) is 0 Å². The summed E-state index contributed by atoms with van der Waals surface area (Å²) in [6.45, 7) is 0. The highest BCUT2D eigenvalue weighted by molar-refractivity contribution is 7.19. The maximum Gasteiger partial charge on any atom is 0.246 e. The molecule has 1 fully saturated rings. The van der Waals surface area contributed by atoms with Crippen molar-refractivity contribution in [1.82, 2.24) is 15.3 Å². The second-order valence-electron chi connectivity index (χ2n) is 7.57. The van der Waals surface area contributed by atoms with Crippen molar-refractivity contribution in [2.24, 2.45) is 5.73 Å². The van der Waals surface area contributed by atoms with Crippen LogP contribution in [0.1, 0.15) is 54.9 Å². The molecule has 0 aliphatic heterocycles. The van der Waals surface area contributed by atoms with Crippen LogP contribution in [0.5, 0.6) is 5.88 Å². The maximum absolute atomic E-state index is 11.3. The molecule has 1 amide bonds. The predicted molar refractivity (Wildman–Crippen MR) is 104 cm³/mol. The second-order valence-corrected chi connectivity index (χ2v) is 8.65. The van der Waals surface area contributed by atoms with Gasteiger partial charge in [0.25, 0.3) is 0 Å². The number of primary amides is 1. The molecule has 0 unspecified atom stereocenters. The van der Waals surface area contributed by atoms with Crippen LogP contribution in [0.3, 0.4) is 0 Å². The molecule has 0 aromatic carbocycles. The Hall–Kier alpha value is -1.77. The fourth-order valence-electron chi connectivity index (χ4n) is 4.38. The Kier molecular flexibility index (Phi) is 5.29. The predicted octanol–water partition coefficient (Wildman–Crippen LogP) is 1.87. The number of hydrogen-bond donors (Lipinski definition) is 3. The normalized spacial score (nSPS) is 26.1. The highest BCUT2D eigenvalue weighted by Crippen LogP contribution is 2.47. The number of carbonyl (C=O) groups excluding carboxylic acids is 1. The molecule has 2 aliphatic rings. The molecule has 2 aromatic heterocycles. The van der Waals surface area contributed by atoms with Gasteiger partial charge in [-0.25, -0.2) is 9.97 Å². The summed E-state index contributed by atoms with van der Waals surface area (Å²) in [6, 6.07) is 0.570. The molecule has 2 aromatic rings. The smallest absolute Gasteiger partial charge is 0.246 e. The SMILES string of the molecule is CN[C@H]1CC[C@H](Oc2ncnc3sc4c(c23)[C@@H](C[C@H](O)C(N)=O)CC4)CC1. The van der Waals surface area contributed by atoms with Gasteiger partial charge in [0.15, 0.2) is 0 Å². The summed E-state index contributed by atoms with van der Waals surface area (Å²) in [5, 5.41) is 14.3. The summed E-state index contributed by atoms with van der Waals surface area (Å²) in [5.41, 5.74) is 6.41. The molecule has 7 nitrogen and oxygen atoms in total. The highest BCUT2D eigenvalue weighted by Gasteiger charge is 2.33. The Morgan fingerprint density at radius 1 is 1.37 bits per heavy atom. The zero-order valence-electron chi connectivity index (χ0n) is 15.5. The third kappa shape index (κ3) is 3.66. The maximum atomic E-state index is 11.3. The van der Waals surface area contributed by atoms with Gasteiger partial charge in [-0.05, 0) is 63.5 Å². The molecule has 2 heterocycles. The summed E-state index contributed by atoms with van der Waals surface area (Å²) in [5.74, 6) is 0.0625. The first-order valence-electron chi connectivity index (χ1n) is 9.64. The van der Waals surface area contributed by atoms with E-state index in [1.807, 2.05) is 7.05 Å². The average Bonchev–Trinajstić information content (AvgIpc) is 3.22. The minimum atomic E-state index is -1.12. The number of carbonyl (C=O) groups is 1. The summed E-state index contributed by atoms with van der Waals surface area (Å²) in [6.07, 6.45) is 7.00. The number of nitrogens with zero attached hydrogens (tertiary/aromatic N) is 2. The largest absolute Gasteiger partial charge is 0.474 e. The second kappa shape index (κ2) is 7.69. The fraction of sp³-hybridized carbons (Fsp3) is 0.632. The van der Waals surface area contributed by atoms with E-state index in [9.17, 15) is 9.90 Å². The molecule has 146 valence electrons. The van der Waals surface area contributed by atoms with Crippen LogP contribution in [0.4, 0.5) is 0 Å². The van der Waals surface area contributed by atoms with Gasteiger partial charge in [-0.3, -0.25) is 4.79 Å². The third-order valence-electron chi connectivity index (χ3n) is 5.89. The molecule has 1 saturated carbocycles. The van der Waals surface area contributed by atoms with Gasteiger partial charge in [-0.15, -0.1) is 11.3 Å². The van der Waals surface area contributed by atoms with Crippen LogP contribution >= 0.6 is 11.3 Å². The molecule has 0 bridgehead atoms. The molecule has 27 heavy (non-hydrogen) atoms. The lowest BCUT2D eigenvalue weighted by molar-refractivity contribution is -0.126. The van der Waals surface area contributed by atoms with Crippen molar-refractivity contribution in [3.63, 3.8) is 0 Å². The van der Waals surface area contributed by atoms with E-state index in [4.69, 9.17) is 10.5 Å². The third-order valence-corrected chi connectivity index (χ3v) is 7.07. The van der Waals surface area contributed by atoms with E-state index >= 15 is 0 Å². The minimum absolute atomic E-state index is 0.0876. The van der Waals surface area contributed by atoms with Gasteiger partial charge in [-0.1, -0.05) is 0 Å². The van der Waals surface area contributed by atoms with E-state index < -0.39 is 12.0 Å². The number of rotatable bonds is 6. The van der Waals surface area contributed by atoms with Crippen LogP contribution in [0.25, 0.3) is 10.2 Å². The number of ether oxygens (including phenoxy) is 1. The molecular formula is C19H26N4O3S. The van der Waals surface area contributed by atoms with Crippen LogP contribution in [0.2, 0.25) is 0 Å². The Morgan fingerprint density at radius 3 is 2.85 bits per heavy atom. The zero-order chi connectivity index (χ0) is 19.0. The molecule has 2 aliphatic carbocycles. The summed E-state index contributed by atoms with van der Waals surface area (Å²) >= 11 is 1.67. The van der Waals surface area contributed by atoms with Crippen LogP contribution in [0.15, 0.2) is 6.33 Å². The summed E-state index contributed by atoms with van der Waals surface area (Å²) < 4.78 is 6.32. The number of fused-ring (bicyclic) bond motifs is 3. The first-order valence-corrected chi connectivity index (χ1v) is 10.5. The van der Waals surface area contributed by atoms with Gasteiger partial charge in [0, 0.05) is 10.9 Å². The van der Waals surface area contributed by atoms with Crippen molar-refractivity contribution in [3.8, 4) is 5.88 Å². The van der Waals surface area contributed by atoms with Crippen LogP contribution < -0.4 is 15.8 Å². The van der Waals surface area contributed by atoms with E-state index in [2.05, 4.69) is 15.3 Å². The van der Waals surface area contributed by atoms with E-state index in [1.54, 1.807) is 17.7 Å². The number of aryl methyl sites for hydroxylation is 1. The molecular weight excluding hydrogens is 364 g/mol. The molecule has 2 atom stereocenters. The van der Waals surface area contributed by atoms with Gasteiger partial charge in [-0.2, -0.15) is 0 Å². The van der Waals surface area contributed by atoms with Crippen LogP contribution in [-0.4, -0.2) is 46.3 Å². The van der Waals surface area contributed by atoms with E-state index in [1.165, 1.54) is 4.88 Å². The van der Waals surface area contributed by atoms with Crippen molar-refractivity contribution < 1.29 is 14.6 Å². The monoisotopic (exact) mass is 390 g/mol. The van der Waals surface area contributed by atoms with E-state index in [0.29, 0.717) is 18.3 Å². The van der Waals surface area contributed by atoms with Crippen molar-refractivity contribution in [3.05, 3.63) is 16.8 Å². The minimum Gasteiger partial charge on any atom is -0.474 e. The standard InChI is InChI=1S/C19H26N4O3S/c1-21-11-3-5-12(6-4-11)26-18-16-15-10(8-13(24)17(20)25)2-7-14(15)27-19(16)23-9-22-18/h9-13,21,24H,2-8H2,1H3,(H2,20,25)/t10-,11-,12-,13+/m1/s1. The van der Waals surface area contributed by atoms with E-state index in [0.717, 1.165) is 54.3 Å². The number of aliphatic hydroxyl groups excluding tert-OH is 1. The Labute approximate surface area is 162 Å². The molecule has 0 radical (unpaired) electrons. The lowest BCUT2D eigenvalue weighted by Gasteiger charge is -2.28. The number of hydrogen-bond acceptors (Lipinski definition) is 7. The lowest BCUT2D eigenvalue weighted by Crippen LogP contribution is -2.34. The van der Waals surface area contributed by atoms with Crippen molar-refractivity contribution in [2.45, 2.75) is 69.1 Å². The topological polar surface area (TPSA) is 110 Å². The van der Waals surface area contributed by atoms with Crippen molar-refractivity contribution in [2.75, 3.05) is 7.05 Å². The first kappa shape index (κ1) is 18.6. The lowest BCUT2D eigenvalue weighted by atomic mass is 9.93. The number of nitrogens with one attached hydrogen (secondary N) is 1. The Balaban J connectivity index is 1.60. The van der Waals surface area contributed by atoms with Gasteiger partial charge >= 0.3 is 0 Å². The Morgan fingerprint density at radius 2 is 2.15 bits per heavy atom. The quantitative estimate of drug-likeness (QED) is 0.694. The van der Waals surface area contributed by atoms with Crippen molar-refractivity contribution >= 4 is 27.5 Å². The fourth-order valence-corrected chi connectivity index (χ4v) is 5.61. The van der Waals surface area contributed by atoms with E-state index in [-0.39, 0.29) is 12.0 Å². The molecule has 8 heteroatoms. The number of nitrogens with two attached hydrogens (primary N) is 1. The highest BCUT2D eigenvalue weighted by atomic mass is 32.1. The molecule has 4 N–H and O–H groups in total. The van der Waals surface area contributed by atoms with Gasteiger partial charge in [0.1, 0.15) is 23.4 Å². The molecule has 0 spiro atoms. The zero-order valence-corrected chi connectivity index (χ0v) is 16.3. The molecule has 4 rings (SSSR count). The van der Waals surface area contributed by atoms with Crippen LogP contribution in [-0.2, 0) is 11.2 Å². The van der Waals surface area contributed by atoms with Gasteiger partial charge in [0.2, 0.25) is 11.8 Å². The Bertz CT molecular complexity index is 832.